The van der Waals surface area contributed by atoms with Gasteiger partial charge >= 0.3 is 0 Å². The topological polar surface area (TPSA) is 86.4 Å². The van der Waals surface area contributed by atoms with Crippen molar-refractivity contribution in [3.8, 4) is 0 Å². The maximum absolute atomic E-state index is 14.7. The highest BCUT2D eigenvalue weighted by atomic mass is 19.1. The average Bonchev–Trinajstić information content (AvgIpc) is 2.80. The minimum atomic E-state index is -0.672. The van der Waals surface area contributed by atoms with Crippen LogP contribution in [0.15, 0.2) is 53.3 Å². The number of anilines is 1. The largest absolute Gasteiger partial charge is 0.327 e. The zero-order valence-electron chi connectivity index (χ0n) is 19.7. The average molecular weight is 463 g/mol. The fourth-order valence-electron chi connectivity index (χ4n) is 4.43. The maximum Gasteiger partial charge on any atom is 0.267 e. The molecule has 1 aliphatic rings. The summed E-state index contributed by atoms with van der Waals surface area (Å²) >= 11 is 0. The smallest absolute Gasteiger partial charge is 0.267 e. The number of carbonyl (C=O) groups excluding carboxylic acids is 2. The van der Waals surface area contributed by atoms with Crippen molar-refractivity contribution < 1.29 is 14.0 Å². The lowest BCUT2D eigenvalue weighted by Crippen LogP contribution is -2.63. The Kier molecular flexibility index (Phi) is 6.08. The standard InChI is InChI=1S/C26H27FN4O3/c1-16-17(2)24(33)29-28-22(16)13-18-10-11-21(27)20(12-18)25(34)30-14-23(32)31(26(3,4)15-30)19-8-6-5-7-9-19/h5-12H,13-15H2,1-4H3,(H,29,33). The number of aromatic amines is 1. The van der Waals surface area contributed by atoms with Gasteiger partial charge in [-0.05, 0) is 63.1 Å². The van der Waals surface area contributed by atoms with E-state index in [9.17, 15) is 18.8 Å². The van der Waals surface area contributed by atoms with Gasteiger partial charge in [0.2, 0.25) is 5.91 Å². The molecule has 0 saturated carbocycles. The number of para-hydroxylation sites is 1. The van der Waals surface area contributed by atoms with E-state index in [1.54, 1.807) is 17.9 Å². The number of nitrogens with zero attached hydrogens (tertiary/aromatic N) is 3. The second-order valence-electron chi connectivity index (χ2n) is 9.28. The number of halogens is 1. The highest BCUT2D eigenvalue weighted by molar-refractivity contribution is 6.02. The Balaban J connectivity index is 1.59. The summed E-state index contributed by atoms with van der Waals surface area (Å²) in [6, 6.07) is 13.7. The SMILES string of the molecule is Cc1c(Cc2ccc(F)c(C(=O)N3CC(=O)N(c4ccccc4)C(C)(C)C3)c2)n[nH]c(=O)c1C. The van der Waals surface area contributed by atoms with Crippen molar-refractivity contribution in [2.45, 2.75) is 39.7 Å². The number of H-pyrrole nitrogens is 1. The molecule has 2 aromatic carbocycles. The number of hydrogen-bond donors (Lipinski definition) is 1. The van der Waals surface area contributed by atoms with Crippen LogP contribution in [0, 0.1) is 19.7 Å². The number of benzene rings is 2. The summed E-state index contributed by atoms with van der Waals surface area (Å²) in [5.74, 6) is -1.40. The molecule has 2 heterocycles. The first-order valence-electron chi connectivity index (χ1n) is 11.1. The number of aromatic nitrogens is 2. The zero-order valence-corrected chi connectivity index (χ0v) is 19.7. The van der Waals surface area contributed by atoms with E-state index in [4.69, 9.17) is 0 Å². The van der Waals surface area contributed by atoms with E-state index in [2.05, 4.69) is 10.2 Å². The first-order valence-corrected chi connectivity index (χ1v) is 11.1. The summed E-state index contributed by atoms with van der Waals surface area (Å²) in [6.45, 7) is 7.42. The maximum atomic E-state index is 14.7. The van der Waals surface area contributed by atoms with E-state index in [-0.39, 0.29) is 30.1 Å². The molecule has 2 amide bonds. The Bertz CT molecular complexity index is 1320. The third-order valence-electron chi connectivity index (χ3n) is 6.32. The lowest BCUT2D eigenvalue weighted by atomic mass is 9.96. The predicted molar refractivity (Wildman–Crippen MR) is 127 cm³/mol. The van der Waals surface area contributed by atoms with Gasteiger partial charge in [-0.25, -0.2) is 9.49 Å². The van der Waals surface area contributed by atoms with Crippen LogP contribution < -0.4 is 10.5 Å². The number of piperazine rings is 1. The van der Waals surface area contributed by atoms with E-state index in [1.165, 1.54) is 17.0 Å². The molecule has 1 aliphatic heterocycles. The van der Waals surface area contributed by atoms with Crippen LogP contribution in [0.1, 0.15) is 46.6 Å². The molecule has 4 rings (SSSR count). The van der Waals surface area contributed by atoms with Crippen molar-refractivity contribution in [1.82, 2.24) is 15.1 Å². The van der Waals surface area contributed by atoms with Gasteiger partial charge in [0, 0.05) is 24.2 Å². The van der Waals surface area contributed by atoms with Gasteiger partial charge in [-0.2, -0.15) is 5.10 Å². The zero-order chi connectivity index (χ0) is 24.6. The summed E-state index contributed by atoms with van der Waals surface area (Å²) in [6.07, 6.45) is 0.330. The monoisotopic (exact) mass is 462 g/mol. The van der Waals surface area contributed by atoms with E-state index in [1.807, 2.05) is 51.1 Å². The summed E-state index contributed by atoms with van der Waals surface area (Å²) in [5.41, 5.74) is 2.40. The molecule has 0 atom stereocenters. The van der Waals surface area contributed by atoms with E-state index < -0.39 is 17.3 Å². The van der Waals surface area contributed by atoms with Crippen LogP contribution in [0.5, 0.6) is 0 Å². The molecular weight excluding hydrogens is 435 g/mol. The van der Waals surface area contributed by atoms with E-state index >= 15 is 0 Å². The van der Waals surface area contributed by atoms with Crippen LogP contribution in [-0.2, 0) is 11.2 Å². The second-order valence-corrected chi connectivity index (χ2v) is 9.28. The molecule has 0 bridgehead atoms. The summed E-state index contributed by atoms with van der Waals surface area (Å²) in [5, 5.41) is 6.57. The van der Waals surface area contributed by atoms with E-state index in [0.717, 1.165) is 11.3 Å². The number of rotatable bonds is 4. The first-order chi connectivity index (χ1) is 16.1. The van der Waals surface area contributed by atoms with Gasteiger partial charge in [-0.1, -0.05) is 24.3 Å². The van der Waals surface area contributed by atoms with Crippen LogP contribution in [-0.4, -0.2) is 45.5 Å². The van der Waals surface area contributed by atoms with Crippen molar-refractivity contribution in [2.75, 3.05) is 18.0 Å². The Morgan fingerprint density at radius 2 is 1.79 bits per heavy atom. The van der Waals surface area contributed by atoms with Gasteiger partial charge in [0.05, 0.1) is 16.8 Å². The van der Waals surface area contributed by atoms with Crippen molar-refractivity contribution in [1.29, 1.82) is 0 Å². The molecule has 1 aromatic heterocycles. The third kappa shape index (κ3) is 4.35. The minimum Gasteiger partial charge on any atom is -0.327 e. The van der Waals surface area contributed by atoms with Gasteiger partial charge in [0.25, 0.3) is 11.5 Å². The number of hydrogen-bond acceptors (Lipinski definition) is 4. The van der Waals surface area contributed by atoms with Crippen LogP contribution in [0.25, 0.3) is 0 Å². The molecule has 0 unspecified atom stereocenters. The highest BCUT2D eigenvalue weighted by Gasteiger charge is 2.41. The molecular formula is C26H27FN4O3. The first kappa shape index (κ1) is 23.4. The molecule has 1 N–H and O–H groups in total. The molecule has 8 heteroatoms. The van der Waals surface area contributed by atoms with Crippen LogP contribution in [0.2, 0.25) is 0 Å². The molecule has 0 spiro atoms. The van der Waals surface area contributed by atoms with Crippen molar-refractivity contribution in [3.05, 3.63) is 92.6 Å². The molecule has 3 aromatic rings. The van der Waals surface area contributed by atoms with Crippen LogP contribution >= 0.6 is 0 Å². The molecule has 0 radical (unpaired) electrons. The number of carbonyl (C=O) groups is 2. The minimum absolute atomic E-state index is 0.0898. The Hall–Kier alpha value is -3.81. The lowest BCUT2D eigenvalue weighted by Gasteiger charge is -2.46. The van der Waals surface area contributed by atoms with Gasteiger partial charge < -0.3 is 9.80 Å². The lowest BCUT2D eigenvalue weighted by molar-refractivity contribution is -0.122. The van der Waals surface area contributed by atoms with Crippen molar-refractivity contribution in [3.63, 3.8) is 0 Å². The predicted octanol–water partition coefficient (Wildman–Crippen LogP) is 3.38. The number of nitrogens with one attached hydrogen (secondary N) is 1. The molecule has 1 saturated heterocycles. The van der Waals surface area contributed by atoms with E-state index in [0.29, 0.717) is 23.2 Å². The Morgan fingerprint density at radius 1 is 1.09 bits per heavy atom. The normalized spacial score (nSPS) is 15.5. The summed E-state index contributed by atoms with van der Waals surface area (Å²) in [4.78, 5) is 41.2. The van der Waals surface area contributed by atoms with Crippen molar-refractivity contribution in [2.24, 2.45) is 0 Å². The summed E-state index contributed by atoms with van der Waals surface area (Å²) in [7, 11) is 0. The molecule has 34 heavy (non-hydrogen) atoms. The molecule has 176 valence electrons. The quantitative estimate of drug-likeness (QED) is 0.644. The second kappa shape index (κ2) is 8.85. The molecule has 0 aliphatic carbocycles. The van der Waals surface area contributed by atoms with Gasteiger partial charge in [0.15, 0.2) is 0 Å². The van der Waals surface area contributed by atoms with Crippen molar-refractivity contribution >= 4 is 17.5 Å². The Labute approximate surface area is 197 Å². The molecule has 7 nitrogen and oxygen atoms in total. The number of amides is 2. The summed E-state index contributed by atoms with van der Waals surface area (Å²) < 4.78 is 14.7. The van der Waals surface area contributed by atoms with Gasteiger partial charge in [-0.15, -0.1) is 0 Å². The van der Waals surface area contributed by atoms with Crippen LogP contribution in [0.4, 0.5) is 10.1 Å². The van der Waals surface area contributed by atoms with Gasteiger partial charge in [0.1, 0.15) is 12.4 Å². The third-order valence-corrected chi connectivity index (χ3v) is 6.32. The molecule has 1 fully saturated rings. The Morgan fingerprint density at radius 3 is 2.47 bits per heavy atom. The fraction of sp³-hybridized carbons (Fsp3) is 0.308. The highest BCUT2D eigenvalue weighted by Crippen LogP contribution is 2.29. The van der Waals surface area contributed by atoms with Gasteiger partial charge in [-0.3, -0.25) is 14.4 Å². The van der Waals surface area contributed by atoms with Crippen LogP contribution in [0.3, 0.4) is 0 Å². The fourth-order valence-corrected chi connectivity index (χ4v) is 4.43.